The van der Waals surface area contributed by atoms with Gasteiger partial charge in [-0.05, 0) is 74.3 Å². The lowest BCUT2D eigenvalue weighted by Crippen LogP contribution is -2.35. The number of urea groups is 1. The Balaban J connectivity index is 1.44. The average molecular weight is 450 g/mol. The summed E-state index contributed by atoms with van der Waals surface area (Å²) in [7, 11) is 3.50. The summed E-state index contributed by atoms with van der Waals surface area (Å²) in [6.45, 7) is 1.72. The normalized spacial score (nSPS) is 15.6. The Morgan fingerprint density at radius 2 is 1.91 bits per heavy atom. The Bertz CT molecular complexity index is 1060. The van der Waals surface area contributed by atoms with Gasteiger partial charge >= 0.3 is 6.03 Å². The number of benzene rings is 2. The standard InChI is InChI=1S/C25H31N5O3/c1-30-23(12-15-27-30)22-17-20(29-25(31)28-19-6-9-21(32-2)10-7-19)8-11-24(22)33-16-13-18-5-3-4-14-26-18/h6-12,15,17-18,26H,3-5,13-14,16H2,1-2H3,(H2,28,29,31). The van der Waals surface area contributed by atoms with Gasteiger partial charge in [0.2, 0.25) is 0 Å². The number of nitrogens with zero attached hydrogens (tertiary/aromatic N) is 2. The number of hydrogen-bond donors (Lipinski definition) is 3. The van der Waals surface area contributed by atoms with Crippen LogP contribution in [0.25, 0.3) is 11.3 Å². The number of methoxy groups -OCH3 is 1. The molecule has 4 rings (SSSR count). The first kappa shape index (κ1) is 22.7. The van der Waals surface area contributed by atoms with E-state index in [-0.39, 0.29) is 6.03 Å². The molecular weight excluding hydrogens is 418 g/mol. The van der Waals surface area contributed by atoms with Gasteiger partial charge in [0.05, 0.1) is 19.4 Å². The molecule has 1 saturated heterocycles. The molecule has 1 aromatic heterocycles. The van der Waals surface area contributed by atoms with E-state index in [0.717, 1.165) is 35.7 Å². The molecule has 1 fully saturated rings. The Kier molecular flexibility index (Phi) is 7.47. The van der Waals surface area contributed by atoms with Crippen molar-refractivity contribution < 1.29 is 14.3 Å². The van der Waals surface area contributed by atoms with Crippen LogP contribution in [-0.4, -0.2) is 42.1 Å². The summed E-state index contributed by atoms with van der Waals surface area (Å²) < 4.78 is 13.1. The van der Waals surface area contributed by atoms with Gasteiger partial charge in [-0.15, -0.1) is 0 Å². The zero-order chi connectivity index (χ0) is 23.0. The van der Waals surface area contributed by atoms with E-state index in [2.05, 4.69) is 21.0 Å². The lowest BCUT2D eigenvalue weighted by Gasteiger charge is -2.23. The third-order valence-electron chi connectivity index (χ3n) is 5.82. The summed E-state index contributed by atoms with van der Waals surface area (Å²) in [5.41, 5.74) is 3.14. The number of nitrogens with one attached hydrogen (secondary N) is 3. The number of hydrogen-bond acceptors (Lipinski definition) is 5. The highest BCUT2D eigenvalue weighted by Crippen LogP contribution is 2.33. The molecule has 0 radical (unpaired) electrons. The molecule has 174 valence electrons. The van der Waals surface area contributed by atoms with Crippen LogP contribution in [0.2, 0.25) is 0 Å². The summed E-state index contributed by atoms with van der Waals surface area (Å²) in [4.78, 5) is 12.5. The van der Waals surface area contributed by atoms with Gasteiger partial charge in [0.15, 0.2) is 0 Å². The van der Waals surface area contributed by atoms with Gasteiger partial charge in [-0.2, -0.15) is 5.10 Å². The van der Waals surface area contributed by atoms with Gasteiger partial charge in [0, 0.05) is 36.2 Å². The smallest absolute Gasteiger partial charge is 0.323 e. The summed E-state index contributed by atoms with van der Waals surface area (Å²) >= 11 is 0. The number of carbonyl (C=O) groups is 1. The van der Waals surface area contributed by atoms with Crippen molar-refractivity contribution in [2.45, 2.75) is 31.7 Å². The van der Waals surface area contributed by atoms with Crippen molar-refractivity contribution in [1.29, 1.82) is 0 Å². The number of piperidine rings is 1. The van der Waals surface area contributed by atoms with Gasteiger partial charge in [-0.25, -0.2) is 4.79 Å². The van der Waals surface area contributed by atoms with Crippen LogP contribution in [0.3, 0.4) is 0 Å². The summed E-state index contributed by atoms with van der Waals surface area (Å²) in [5.74, 6) is 1.51. The first-order valence-electron chi connectivity index (χ1n) is 11.3. The van der Waals surface area contributed by atoms with E-state index in [4.69, 9.17) is 9.47 Å². The maximum Gasteiger partial charge on any atom is 0.323 e. The Morgan fingerprint density at radius 1 is 1.12 bits per heavy atom. The predicted octanol–water partition coefficient (Wildman–Crippen LogP) is 4.65. The van der Waals surface area contributed by atoms with E-state index in [1.54, 1.807) is 42.3 Å². The molecule has 33 heavy (non-hydrogen) atoms. The van der Waals surface area contributed by atoms with E-state index in [9.17, 15) is 4.79 Å². The van der Waals surface area contributed by atoms with Crippen LogP contribution in [0.1, 0.15) is 25.7 Å². The summed E-state index contributed by atoms with van der Waals surface area (Å²) in [6, 6.07) is 15.0. The molecule has 1 aliphatic rings. The SMILES string of the molecule is COc1ccc(NC(=O)Nc2ccc(OCCC3CCCCN3)c(-c3ccnn3C)c2)cc1. The molecule has 3 N–H and O–H groups in total. The van der Waals surface area contributed by atoms with Crippen LogP contribution in [0.15, 0.2) is 54.7 Å². The van der Waals surface area contributed by atoms with E-state index in [0.29, 0.717) is 24.0 Å². The number of rotatable bonds is 8. The van der Waals surface area contributed by atoms with E-state index in [1.807, 2.05) is 31.3 Å². The van der Waals surface area contributed by atoms with Crippen LogP contribution in [0.4, 0.5) is 16.2 Å². The van der Waals surface area contributed by atoms with Crippen molar-refractivity contribution in [3.63, 3.8) is 0 Å². The number of carbonyl (C=O) groups excluding carboxylic acids is 1. The Labute approximate surface area is 194 Å². The second-order valence-electron chi connectivity index (χ2n) is 8.14. The topological polar surface area (TPSA) is 89.4 Å². The lowest BCUT2D eigenvalue weighted by atomic mass is 10.0. The van der Waals surface area contributed by atoms with E-state index >= 15 is 0 Å². The monoisotopic (exact) mass is 449 g/mol. The summed E-state index contributed by atoms with van der Waals surface area (Å²) in [6.07, 6.45) is 6.44. The molecule has 3 aromatic rings. The highest BCUT2D eigenvalue weighted by atomic mass is 16.5. The summed E-state index contributed by atoms with van der Waals surface area (Å²) in [5, 5.41) is 13.6. The second kappa shape index (κ2) is 10.9. The van der Waals surface area contributed by atoms with E-state index < -0.39 is 0 Å². The van der Waals surface area contributed by atoms with Gasteiger partial charge in [0.1, 0.15) is 11.5 Å². The molecule has 2 aromatic carbocycles. The van der Waals surface area contributed by atoms with Crippen LogP contribution in [0, 0.1) is 0 Å². The van der Waals surface area contributed by atoms with Crippen LogP contribution in [-0.2, 0) is 7.05 Å². The molecule has 2 amide bonds. The first-order chi connectivity index (χ1) is 16.1. The van der Waals surface area contributed by atoms with Gasteiger partial charge in [0.25, 0.3) is 0 Å². The highest BCUT2D eigenvalue weighted by Gasteiger charge is 2.15. The molecule has 1 atom stereocenters. The molecule has 0 bridgehead atoms. The fourth-order valence-corrected chi connectivity index (χ4v) is 4.02. The predicted molar refractivity (Wildman–Crippen MR) is 130 cm³/mol. The zero-order valence-electron chi connectivity index (χ0n) is 19.1. The minimum atomic E-state index is -0.326. The van der Waals surface area contributed by atoms with Crippen molar-refractivity contribution in [3.05, 3.63) is 54.7 Å². The highest BCUT2D eigenvalue weighted by molar-refractivity contribution is 6.00. The molecular formula is C25H31N5O3. The minimum absolute atomic E-state index is 0.326. The minimum Gasteiger partial charge on any atom is -0.497 e. The molecule has 0 spiro atoms. The number of ether oxygens (including phenoxy) is 2. The van der Waals surface area contributed by atoms with Crippen molar-refractivity contribution >= 4 is 17.4 Å². The van der Waals surface area contributed by atoms with Crippen molar-refractivity contribution in [2.75, 3.05) is 30.9 Å². The van der Waals surface area contributed by atoms with Gasteiger partial charge in [-0.3, -0.25) is 4.68 Å². The molecule has 8 nitrogen and oxygen atoms in total. The average Bonchev–Trinajstić information content (AvgIpc) is 3.26. The molecule has 8 heteroatoms. The Hall–Kier alpha value is -3.52. The van der Waals surface area contributed by atoms with Crippen LogP contribution < -0.4 is 25.4 Å². The fraction of sp³-hybridized carbons (Fsp3) is 0.360. The lowest BCUT2D eigenvalue weighted by molar-refractivity contribution is 0.262. The fourth-order valence-electron chi connectivity index (χ4n) is 4.02. The number of anilines is 2. The third kappa shape index (κ3) is 6.04. The quantitative estimate of drug-likeness (QED) is 0.466. The van der Waals surface area contributed by atoms with Crippen LogP contribution in [0.5, 0.6) is 11.5 Å². The number of aryl methyl sites for hydroxylation is 1. The largest absolute Gasteiger partial charge is 0.497 e. The Morgan fingerprint density at radius 3 is 2.61 bits per heavy atom. The number of aromatic nitrogens is 2. The molecule has 0 aliphatic carbocycles. The van der Waals surface area contributed by atoms with E-state index in [1.165, 1.54) is 19.3 Å². The number of amides is 2. The second-order valence-corrected chi connectivity index (χ2v) is 8.14. The molecule has 1 unspecified atom stereocenters. The van der Waals surface area contributed by atoms with Gasteiger partial charge < -0.3 is 25.4 Å². The van der Waals surface area contributed by atoms with Crippen molar-refractivity contribution in [1.82, 2.24) is 15.1 Å². The van der Waals surface area contributed by atoms with Crippen molar-refractivity contribution in [3.8, 4) is 22.8 Å². The maximum atomic E-state index is 12.5. The van der Waals surface area contributed by atoms with Gasteiger partial charge in [-0.1, -0.05) is 6.42 Å². The van der Waals surface area contributed by atoms with Crippen LogP contribution >= 0.6 is 0 Å². The molecule has 0 saturated carbocycles. The zero-order valence-corrected chi connectivity index (χ0v) is 19.1. The third-order valence-corrected chi connectivity index (χ3v) is 5.82. The first-order valence-corrected chi connectivity index (χ1v) is 11.3. The molecule has 2 heterocycles. The maximum absolute atomic E-state index is 12.5. The molecule has 1 aliphatic heterocycles. The van der Waals surface area contributed by atoms with Crippen molar-refractivity contribution in [2.24, 2.45) is 7.05 Å².